The molecule has 0 atom stereocenters. The Morgan fingerprint density at radius 1 is 1.37 bits per heavy atom. The van der Waals surface area contributed by atoms with E-state index in [1.807, 2.05) is 19.3 Å². The van der Waals surface area contributed by atoms with Crippen LogP contribution in [0.5, 0.6) is 0 Å². The SMILES string of the molecule is COCCN(Cc1nc2ccccc2c(=O)[nH]1)C(=O)/C=C/c1cnn(C)c1. The molecule has 0 radical (unpaired) electrons. The van der Waals surface area contributed by atoms with E-state index in [2.05, 4.69) is 15.1 Å². The van der Waals surface area contributed by atoms with Crippen molar-refractivity contribution < 1.29 is 9.53 Å². The van der Waals surface area contributed by atoms with Gasteiger partial charge in [-0.1, -0.05) is 12.1 Å². The summed E-state index contributed by atoms with van der Waals surface area (Å²) >= 11 is 0. The van der Waals surface area contributed by atoms with E-state index >= 15 is 0 Å². The number of methoxy groups -OCH3 is 1. The Morgan fingerprint density at radius 2 is 2.19 bits per heavy atom. The molecule has 0 saturated carbocycles. The molecule has 1 N–H and O–H groups in total. The maximum absolute atomic E-state index is 12.6. The van der Waals surface area contributed by atoms with E-state index in [0.29, 0.717) is 29.9 Å². The average Bonchev–Trinajstić information content (AvgIpc) is 3.08. The lowest BCUT2D eigenvalue weighted by Gasteiger charge is -2.20. The third kappa shape index (κ3) is 4.68. The maximum Gasteiger partial charge on any atom is 0.258 e. The van der Waals surface area contributed by atoms with Crippen molar-refractivity contribution in [3.63, 3.8) is 0 Å². The minimum absolute atomic E-state index is 0.180. The number of fused-ring (bicyclic) bond motifs is 1. The molecule has 0 bridgehead atoms. The number of nitrogens with zero attached hydrogens (tertiary/aromatic N) is 4. The van der Waals surface area contributed by atoms with Crippen LogP contribution in [0.2, 0.25) is 0 Å². The molecule has 0 aliphatic heterocycles. The Balaban J connectivity index is 1.81. The number of nitrogens with one attached hydrogen (secondary N) is 1. The Labute approximate surface area is 156 Å². The Hall–Kier alpha value is -3.26. The molecular formula is C19H21N5O3. The van der Waals surface area contributed by atoms with Crippen LogP contribution in [0.25, 0.3) is 17.0 Å². The molecule has 2 heterocycles. The van der Waals surface area contributed by atoms with E-state index in [0.717, 1.165) is 5.56 Å². The smallest absolute Gasteiger partial charge is 0.258 e. The van der Waals surface area contributed by atoms with Crippen molar-refractivity contribution in [1.82, 2.24) is 24.6 Å². The van der Waals surface area contributed by atoms with Gasteiger partial charge in [0.15, 0.2) is 0 Å². The van der Waals surface area contributed by atoms with Crippen molar-refractivity contribution >= 4 is 22.9 Å². The third-order valence-corrected chi connectivity index (χ3v) is 4.02. The highest BCUT2D eigenvalue weighted by molar-refractivity contribution is 5.91. The first-order valence-electron chi connectivity index (χ1n) is 8.49. The number of carbonyl (C=O) groups excluding carboxylic acids is 1. The van der Waals surface area contributed by atoms with E-state index in [-0.39, 0.29) is 18.0 Å². The summed E-state index contributed by atoms with van der Waals surface area (Å²) in [5, 5.41) is 4.59. The summed E-state index contributed by atoms with van der Waals surface area (Å²) in [6.45, 7) is 0.938. The van der Waals surface area contributed by atoms with Crippen LogP contribution in [0.1, 0.15) is 11.4 Å². The molecule has 140 valence electrons. The second-order valence-corrected chi connectivity index (χ2v) is 6.06. The van der Waals surface area contributed by atoms with Crippen molar-refractivity contribution in [1.29, 1.82) is 0 Å². The number of amides is 1. The van der Waals surface area contributed by atoms with Gasteiger partial charge < -0.3 is 14.6 Å². The van der Waals surface area contributed by atoms with Crippen molar-refractivity contribution in [2.75, 3.05) is 20.3 Å². The molecule has 0 aliphatic carbocycles. The first kappa shape index (κ1) is 18.5. The molecule has 1 amide bonds. The highest BCUT2D eigenvalue weighted by atomic mass is 16.5. The molecule has 8 heteroatoms. The van der Waals surface area contributed by atoms with Crippen LogP contribution in [0, 0.1) is 0 Å². The fourth-order valence-corrected chi connectivity index (χ4v) is 2.66. The topological polar surface area (TPSA) is 93.1 Å². The summed E-state index contributed by atoms with van der Waals surface area (Å²) in [4.78, 5) is 33.6. The summed E-state index contributed by atoms with van der Waals surface area (Å²) in [7, 11) is 3.38. The second-order valence-electron chi connectivity index (χ2n) is 6.06. The predicted octanol–water partition coefficient (Wildman–Crippen LogP) is 1.34. The monoisotopic (exact) mass is 367 g/mol. The van der Waals surface area contributed by atoms with Crippen LogP contribution >= 0.6 is 0 Å². The number of hydrogen-bond donors (Lipinski definition) is 1. The van der Waals surface area contributed by atoms with Gasteiger partial charge in [-0.3, -0.25) is 14.3 Å². The van der Waals surface area contributed by atoms with Gasteiger partial charge in [-0.25, -0.2) is 4.98 Å². The Bertz CT molecular complexity index is 1020. The minimum atomic E-state index is -0.222. The zero-order valence-corrected chi connectivity index (χ0v) is 15.3. The zero-order valence-electron chi connectivity index (χ0n) is 15.3. The molecule has 3 aromatic rings. The van der Waals surface area contributed by atoms with Gasteiger partial charge in [-0.05, 0) is 18.2 Å². The van der Waals surface area contributed by atoms with Crippen LogP contribution in [-0.2, 0) is 23.1 Å². The summed E-state index contributed by atoms with van der Waals surface area (Å²) in [5.41, 5.74) is 1.21. The number of H-pyrrole nitrogens is 1. The molecule has 2 aromatic heterocycles. The van der Waals surface area contributed by atoms with Crippen LogP contribution < -0.4 is 5.56 Å². The highest BCUT2D eigenvalue weighted by Gasteiger charge is 2.14. The fourth-order valence-electron chi connectivity index (χ4n) is 2.66. The fraction of sp³-hybridized carbons (Fsp3) is 0.263. The van der Waals surface area contributed by atoms with Gasteiger partial charge in [-0.2, -0.15) is 5.10 Å². The number of aromatic nitrogens is 4. The number of rotatable bonds is 7. The highest BCUT2D eigenvalue weighted by Crippen LogP contribution is 2.08. The molecule has 0 spiro atoms. The Kier molecular flexibility index (Phi) is 5.77. The quantitative estimate of drug-likeness (QED) is 0.636. The summed E-state index contributed by atoms with van der Waals surface area (Å²) in [6.07, 6.45) is 6.66. The van der Waals surface area contributed by atoms with Crippen LogP contribution in [-0.4, -0.2) is 50.8 Å². The Morgan fingerprint density at radius 3 is 2.93 bits per heavy atom. The van der Waals surface area contributed by atoms with Gasteiger partial charge in [0.2, 0.25) is 5.91 Å². The number of ether oxygens (including phenoxy) is 1. The molecule has 8 nitrogen and oxygen atoms in total. The van der Waals surface area contributed by atoms with E-state index in [1.165, 1.54) is 6.08 Å². The minimum Gasteiger partial charge on any atom is -0.383 e. The number of benzene rings is 1. The second kappa shape index (κ2) is 8.41. The number of aromatic amines is 1. The predicted molar refractivity (Wildman–Crippen MR) is 102 cm³/mol. The van der Waals surface area contributed by atoms with Gasteiger partial charge in [0.1, 0.15) is 5.82 Å². The van der Waals surface area contributed by atoms with Gasteiger partial charge in [0.25, 0.3) is 5.56 Å². The summed E-state index contributed by atoms with van der Waals surface area (Å²) < 4.78 is 6.76. The number of hydrogen-bond acceptors (Lipinski definition) is 5. The van der Waals surface area contributed by atoms with Crippen molar-refractivity contribution in [3.05, 3.63) is 64.5 Å². The molecule has 1 aromatic carbocycles. The van der Waals surface area contributed by atoms with Crippen LogP contribution in [0.3, 0.4) is 0 Å². The number of para-hydroxylation sites is 1. The normalized spacial score (nSPS) is 11.3. The first-order valence-corrected chi connectivity index (χ1v) is 8.49. The number of aryl methyl sites for hydroxylation is 1. The molecule has 27 heavy (non-hydrogen) atoms. The van der Waals surface area contributed by atoms with Gasteiger partial charge in [0, 0.05) is 38.5 Å². The first-order chi connectivity index (χ1) is 13.1. The van der Waals surface area contributed by atoms with E-state index < -0.39 is 0 Å². The lowest BCUT2D eigenvalue weighted by molar-refractivity contribution is -0.127. The zero-order chi connectivity index (χ0) is 19.2. The molecule has 0 unspecified atom stereocenters. The van der Waals surface area contributed by atoms with Crippen molar-refractivity contribution in [3.8, 4) is 0 Å². The molecule has 0 saturated heterocycles. The molecule has 3 rings (SSSR count). The number of carbonyl (C=O) groups is 1. The van der Waals surface area contributed by atoms with Gasteiger partial charge in [-0.15, -0.1) is 0 Å². The summed E-state index contributed by atoms with van der Waals surface area (Å²) in [6, 6.07) is 7.10. The third-order valence-electron chi connectivity index (χ3n) is 4.02. The molecule has 0 fully saturated rings. The lowest BCUT2D eigenvalue weighted by Crippen LogP contribution is -2.33. The van der Waals surface area contributed by atoms with Crippen molar-refractivity contribution in [2.45, 2.75) is 6.54 Å². The van der Waals surface area contributed by atoms with E-state index in [1.54, 1.807) is 47.2 Å². The largest absolute Gasteiger partial charge is 0.383 e. The van der Waals surface area contributed by atoms with Gasteiger partial charge >= 0.3 is 0 Å². The van der Waals surface area contributed by atoms with Crippen LogP contribution in [0.4, 0.5) is 0 Å². The van der Waals surface area contributed by atoms with E-state index in [9.17, 15) is 9.59 Å². The van der Waals surface area contributed by atoms with Crippen LogP contribution in [0.15, 0.2) is 47.5 Å². The lowest BCUT2D eigenvalue weighted by atomic mass is 10.2. The van der Waals surface area contributed by atoms with Crippen molar-refractivity contribution in [2.24, 2.45) is 7.05 Å². The maximum atomic E-state index is 12.6. The standard InChI is InChI=1S/C19H21N5O3/c1-23-12-14(11-20-23)7-8-18(25)24(9-10-27-2)13-17-21-16-6-4-3-5-15(16)19(26)22-17/h3-8,11-12H,9-10,13H2,1-2H3,(H,21,22,26)/b8-7+. The van der Waals surface area contributed by atoms with Gasteiger partial charge in [0.05, 0.1) is 30.3 Å². The van der Waals surface area contributed by atoms with E-state index in [4.69, 9.17) is 4.74 Å². The molecular weight excluding hydrogens is 346 g/mol. The molecule has 0 aliphatic rings. The average molecular weight is 367 g/mol. The summed E-state index contributed by atoms with van der Waals surface area (Å²) in [5.74, 6) is 0.227.